The summed E-state index contributed by atoms with van der Waals surface area (Å²) < 4.78 is 5.39. The van der Waals surface area contributed by atoms with Crippen molar-refractivity contribution in [1.29, 1.82) is 0 Å². The first kappa shape index (κ1) is 17.3. The predicted molar refractivity (Wildman–Crippen MR) is 84.0 cm³/mol. The second-order valence-corrected chi connectivity index (χ2v) is 5.25. The molecule has 0 bridgehead atoms. The Labute approximate surface area is 135 Å². The van der Waals surface area contributed by atoms with Crippen LogP contribution in [0.15, 0.2) is 18.2 Å². The average molecular weight is 406 g/mol. The lowest BCUT2D eigenvalue weighted by Gasteiger charge is -2.07. The zero-order chi connectivity index (χ0) is 15.8. The summed E-state index contributed by atoms with van der Waals surface area (Å²) >= 11 is 1.94. The number of nitro benzene ring substituents is 1. The Balaban J connectivity index is 2.54. The summed E-state index contributed by atoms with van der Waals surface area (Å²) in [4.78, 5) is 33.2. The number of non-ortho nitro benzene ring substituents is 1. The first-order chi connectivity index (χ1) is 9.95. The number of halogens is 1. The lowest BCUT2D eigenvalue weighted by Crippen LogP contribution is -2.26. The molecule has 114 valence electrons. The van der Waals surface area contributed by atoms with E-state index < -0.39 is 10.8 Å². The molecule has 8 heteroatoms. The van der Waals surface area contributed by atoms with Gasteiger partial charge in [-0.15, -0.1) is 0 Å². The first-order valence-electron chi connectivity index (χ1n) is 6.33. The number of carbonyl (C=O) groups excluding carboxylic acids is 2. The summed E-state index contributed by atoms with van der Waals surface area (Å²) in [6, 6.07) is 4.11. The van der Waals surface area contributed by atoms with Gasteiger partial charge in [0.25, 0.3) is 11.6 Å². The zero-order valence-corrected chi connectivity index (χ0v) is 13.6. The van der Waals surface area contributed by atoms with Crippen LogP contribution in [0, 0.1) is 13.7 Å². The van der Waals surface area contributed by atoms with Gasteiger partial charge in [0, 0.05) is 28.7 Å². The minimum Gasteiger partial charge on any atom is -0.466 e. The Morgan fingerprint density at radius 2 is 2.14 bits per heavy atom. The molecule has 1 N–H and O–H groups in total. The van der Waals surface area contributed by atoms with Gasteiger partial charge in [-0.1, -0.05) is 0 Å². The maximum Gasteiger partial charge on any atom is 0.305 e. The molecule has 0 aliphatic rings. The quantitative estimate of drug-likeness (QED) is 0.246. The summed E-state index contributed by atoms with van der Waals surface area (Å²) in [6.07, 6.45) is 0.677. The van der Waals surface area contributed by atoms with Crippen molar-refractivity contribution in [3.8, 4) is 0 Å². The Kier molecular flexibility index (Phi) is 7.06. The fourth-order valence-electron chi connectivity index (χ4n) is 1.56. The smallest absolute Gasteiger partial charge is 0.305 e. The molecule has 1 rings (SSSR count). The van der Waals surface area contributed by atoms with Crippen molar-refractivity contribution in [3.63, 3.8) is 0 Å². The summed E-state index contributed by atoms with van der Waals surface area (Å²) in [6.45, 7) is 2.36. The molecular weight excluding hydrogens is 391 g/mol. The van der Waals surface area contributed by atoms with E-state index in [9.17, 15) is 19.7 Å². The second-order valence-electron chi connectivity index (χ2n) is 4.09. The minimum absolute atomic E-state index is 0.132. The van der Waals surface area contributed by atoms with E-state index >= 15 is 0 Å². The Hall–Kier alpha value is -1.71. The normalized spacial score (nSPS) is 10.0. The molecular formula is C13H15IN2O5. The number of hydrogen-bond donors (Lipinski definition) is 1. The zero-order valence-electron chi connectivity index (χ0n) is 11.4. The molecule has 0 saturated carbocycles. The van der Waals surface area contributed by atoms with Gasteiger partial charge in [0.15, 0.2) is 0 Å². The number of carbonyl (C=O) groups is 2. The largest absolute Gasteiger partial charge is 0.466 e. The molecule has 0 heterocycles. The fraction of sp³-hybridized carbons (Fsp3) is 0.385. The third-order valence-corrected chi connectivity index (χ3v) is 3.49. The molecule has 0 aromatic heterocycles. The van der Waals surface area contributed by atoms with Crippen LogP contribution >= 0.6 is 22.6 Å². The number of ether oxygens (including phenoxy) is 1. The predicted octanol–water partition coefficient (Wildman–Crippen LogP) is 2.27. The molecule has 7 nitrogen and oxygen atoms in total. The number of esters is 1. The Morgan fingerprint density at radius 1 is 1.43 bits per heavy atom. The monoisotopic (exact) mass is 406 g/mol. The molecule has 0 spiro atoms. The van der Waals surface area contributed by atoms with Crippen LogP contribution < -0.4 is 5.32 Å². The van der Waals surface area contributed by atoms with Gasteiger partial charge < -0.3 is 10.1 Å². The van der Waals surface area contributed by atoms with Crippen LogP contribution in [0.2, 0.25) is 0 Å². The van der Waals surface area contributed by atoms with Crippen LogP contribution in [0.5, 0.6) is 0 Å². The molecule has 0 aliphatic heterocycles. The number of nitrogens with zero attached hydrogens (tertiary/aromatic N) is 1. The molecule has 0 unspecified atom stereocenters. The number of nitro groups is 1. The third-order valence-electron chi connectivity index (χ3n) is 2.55. The summed E-state index contributed by atoms with van der Waals surface area (Å²) in [5.41, 5.74) is 0.119. The topological polar surface area (TPSA) is 98.5 Å². The summed E-state index contributed by atoms with van der Waals surface area (Å²) in [5.74, 6) is -0.705. The van der Waals surface area contributed by atoms with Crippen LogP contribution in [-0.2, 0) is 9.53 Å². The van der Waals surface area contributed by atoms with Crippen LogP contribution in [0.3, 0.4) is 0 Å². The molecule has 1 amide bonds. The van der Waals surface area contributed by atoms with E-state index in [2.05, 4.69) is 5.32 Å². The van der Waals surface area contributed by atoms with Crippen molar-refractivity contribution < 1.29 is 19.2 Å². The minimum atomic E-state index is -0.548. The highest BCUT2D eigenvalue weighted by Crippen LogP contribution is 2.19. The van der Waals surface area contributed by atoms with Gasteiger partial charge in [-0.25, -0.2) is 0 Å². The number of benzene rings is 1. The van der Waals surface area contributed by atoms with E-state index in [-0.39, 0.29) is 23.6 Å². The van der Waals surface area contributed by atoms with Gasteiger partial charge in [0.2, 0.25) is 0 Å². The van der Waals surface area contributed by atoms with Gasteiger partial charge in [0.1, 0.15) is 0 Å². The summed E-state index contributed by atoms with van der Waals surface area (Å²) in [5, 5.41) is 13.3. The maximum atomic E-state index is 12.0. The fourth-order valence-corrected chi connectivity index (χ4v) is 2.14. The van der Waals surface area contributed by atoms with Crippen LogP contribution in [0.4, 0.5) is 5.69 Å². The van der Waals surface area contributed by atoms with E-state index in [0.29, 0.717) is 23.1 Å². The molecule has 0 saturated heterocycles. The maximum absolute atomic E-state index is 12.0. The van der Waals surface area contributed by atoms with E-state index in [1.54, 1.807) is 6.92 Å². The van der Waals surface area contributed by atoms with Crippen molar-refractivity contribution >= 4 is 40.2 Å². The Bertz CT molecular complexity index is 547. The van der Waals surface area contributed by atoms with Crippen LogP contribution in [-0.4, -0.2) is 30.0 Å². The first-order valence-corrected chi connectivity index (χ1v) is 7.41. The van der Waals surface area contributed by atoms with Gasteiger partial charge in [-0.3, -0.25) is 19.7 Å². The molecule has 21 heavy (non-hydrogen) atoms. The van der Waals surface area contributed by atoms with Crippen LogP contribution in [0.1, 0.15) is 30.1 Å². The van der Waals surface area contributed by atoms with Crippen molar-refractivity contribution in [2.75, 3.05) is 13.2 Å². The van der Waals surface area contributed by atoms with Gasteiger partial charge >= 0.3 is 5.97 Å². The molecule has 1 aromatic rings. The number of rotatable bonds is 7. The molecule has 1 aromatic carbocycles. The lowest BCUT2D eigenvalue weighted by molar-refractivity contribution is -0.384. The number of amides is 1. The van der Waals surface area contributed by atoms with Crippen LogP contribution in [0.25, 0.3) is 0 Å². The van der Waals surface area contributed by atoms with Crippen molar-refractivity contribution in [2.45, 2.75) is 19.8 Å². The highest BCUT2D eigenvalue weighted by atomic mass is 127. The van der Waals surface area contributed by atoms with E-state index in [1.165, 1.54) is 18.2 Å². The lowest BCUT2D eigenvalue weighted by atomic mass is 10.2. The average Bonchev–Trinajstić information content (AvgIpc) is 2.44. The standard InChI is InChI=1S/C13H15IN2O5/c1-2-21-12(17)4-3-7-15-13(18)10-8-9(16(19)20)5-6-11(10)14/h5-6,8H,2-4,7H2,1H3,(H,15,18). The van der Waals surface area contributed by atoms with Crippen molar-refractivity contribution in [1.82, 2.24) is 5.32 Å². The van der Waals surface area contributed by atoms with Gasteiger partial charge in [-0.2, -0.15) is 0 Å². The van der Waals surface area contributed by atoms with E-state index in [4.69, 9.17) is 4.74 Å². The molecule has 0 aliphatic carbocycles. The van der Waals surface area contributed by atoms with E-state index in [1.807, 2.05) is 22.6 Å². The second kappa shape index (κ2) is 8.55. The number of hydrogen-bond acceptors (Lipinski definition) is 5. The Morgan fingerprint density at radius 3 is 2.76 bits per heavy atom. The highest BCUT2D eigenvalue weighted by Gasteiger charge is 2.15. The SMILES string of the molecule is CCOC(=O)CCCNC(=O)c1cc([N+](=O)[O-])ccc1I. The van der Waals surface area contributed by atoms with Crippen molar-refractivity contribution in [2.24, 2.45) is 0 Å². The molecule has 0 radical (unpaired) electrons. The number of nitrogens with one attached hydrogen (secondary N) is 1. The van der Waals surface area contributed by atoms with E-state index in [0.717, 1.165) is 0 Å². The summed E-state index contributed by atoms with van der Waals surface area (Å²) in [7, 11) is 0. The third kappa shape index (κ3) is 5.66. The highest BCUT2D eigenvalue weighted by molar-refractivity contribution is 14.1. The molecule has 0 atom stereocenters. The molecule has 0 fully saturated rings. The van der Waals surface area contributed by atoms with Crippen molar-refractivity contribution in [3.05, 3.63) is 37.4 Å². The van der Waals surface area contributed by atoms with Gasteiger partial charge in [-0.05, 0) is 42.0 Å². The van der Waals surface area contributed by atoms with Gasteiger partial charge in [0.05, 0.1) is 17.1 Å².